The first-order valence-corrected chi connectivity index (χ1v) is 9.33. The van der Waals surface area contributed by atoms with Gasteiger partial charge in [0.2, 0.25) is 0 Å². The van der Waals surface area contributed by atoms with Gasteiger partial charge in [-0.2, -0.15) is 0 Å². The van der Waals surface area contributed by atoms with E-state index in [0.29, 0.717) is 13.2 Å². The predicted octanol–water partition coefficient (Wildman–Crippen LogP) is 4.42. The Labute approximate surface area is 147 Å². The highest BCUT2D eigenvalue weighted by molar-refractivity contribution is 7.14. The number of nitrogens with zero attached hydrogens (tertiary/aromatic N) is 2. The topological polar surface area (TPSA) is 61.0 Å². The van der Waals surface area contributed by atoms with Crippen LogP contribution >= 0.6 is 22.7 Å². The normalized spacial score (nSPS) is 11.0. The summed E-state index contributed by atoms with van der Waals surface area (Å²) in [6, 6.07) is 14.0. The monoisotopic (exact) mass is 353 g/mol. The number of benzene rings is 1. The Morgan fingerprint density at radius 3 is 2.12 bits per heavy atom. The second-order valence-corrected chi connectivity index (χ2v) is 7.06. The van der Waals surface area contributed by atoms with Gasteiger partial charge in [0.05, 0.1) is 20.8 Å². The van der Waals surface area contributed by atoms with Gasteiger partial charge < -0.3 is 10.5 Å². The molecule has 6 heteroatoms. The molecule has 0 aliphatic carbocycles. The Kier molecular flexibility index (Phi) is 4.25. The number of hydrogen-bond acceptors (Lipinski definition) is 6. The summed E-state index contributed by atoms with van der Waals surface area (Å²) in [5.41, 5.74) is 9.03. The highest BCUT2D eigenvalue weighted by Crippen LogP contribution is 2.35. The van der Waals surface area contributed by atoms with Crippen LogP contribution in [0.15, 0.2) is 53.2 Å². The van der Waals surface area contributed by atoms with Crippen molar-refractivity contribution in [2.45, 2.75) is 0 Å². The summed E-state index contributed by atoms with van der Waals surface area (Å²) in [7, 11) is 0. The molecule has 0 spiro atoms. The minimum atomic E-state index is 0.488. The van der Waals surface area contributed by atoms with E-state index in [1.165, 1.54) is 0 Å². The molecule has 0 atom stereocenters. The zero-order valence-electron chi connectivity index (χ0n) is 12.8. The first kappa shape index (κ1) is 15.3. The molecule has 0 saturated carbocycles. The molecule has 2 N–H and O–H groups in total. The van der Waals surface area contributed by atoms with E-state index in [1.807, 2.05) is 30.3 Å². The van der Waals surface area contributed by atoms with Gasteiger partial charge in [0.1, 0.15) is 23.7 Å². The summed E-state index contributed by atoms with van der Waals surface area (Å²) in [5, 5.41) is 4.11. The van der Waals surface area contributed by atoms with Crippen LogP contribution in [0.5, 0.6) is 5.75 Å². The van der Waals surface area contributed by atoms with Gasteiger partial charge in [-0.1, -0.05) is 12.1 Å². The molecule has 0 fully saturated rings. The van der Waals surface area contributed by atoms with Crippen molar-refractivity contribution >= 4 is 33.7 Å². The van der Waals surface area contributed by atoms with Gasteiger partial charge in [-0.3, -0.25) is 0 Å². The van der Waals surface area contributed by atoms with Crippen molar-refractivity contribution in [2.24, 2.45) is 5.73 Å². The average molecular weight is 353 g/mol. The minimum Gasteiger partial charge on any atom is -0.492 e. The van der Waals surface area contributed by atoms with Gasteiger partial charge in [-0.15, -0.1) is 22.7 Å². The van der Waals surface area contributed by atoms with Gasteiger partial charge in [0.15, 0.2) is 0 Å². The lowest BCUT2D eigenvalue weighted by Crippen LogP contribution is -2.10. The van der Waals surface area contributed by atoms with E-state index in [9.17, 15) is 0 Å². The van der Waals surface area contributed by atoms with Crippen LogP contribution < -0.4 is 10.5 Å². The highest BCUT2D eigenvalue weighted by atomic mass is 32.1. The summed E-state index contributed by atoms with van der Waals surface area (Å²) >= 11 is 3.34. The van der Waals surface area contributed by atoms with Crippen molar-refractivity contribution in [1.82, 2.24) is 9.97 Å². The Morgan fingerprint density at radius 1 is 0.875 bits per heavy atom. The van der Waals surface area contributed by atoms with E-state index in [4.69, 9.17) is 20.4 Å². The molecule has 0 aliphatic heterocycles. The smallest absolute Gasteiger partial charge is 0.121 e. The fourth-order valence-electron chi connectivity index (χ4n) is 2.47. The number of fused-ring (bicyclic) bond motifs is 1. The van der Waals surface area contributed by atoms with E-state index >= 15 is 0 Å². The number of rotatable bonds is 5. The van der Waals surface area contributed by atoms with Crippen molar-refractivity contribution in [3.05, 3.63) is 53.2 Å². The lowest BCUT2D eigenvalue weighted by Gasteiger charge is -2.09. The molecule has 0 radical (unpaired) electrons. The van der Waals surface area contributed by atoms with E-state index in [2.05, 4.69) is 22.9 Å². The Bertz CT molecular complexity index is 950. The molecule has 0 aliphatic rings. The van der Waals surface area contributed by atoms with Crippen LogP contribution in [0, 0.1) is 0 Å². The molecule has 0 saturated heterocycles. The molecule has 120 valence electrons. The van der Waals surface area contributed by atoms with Crippen LogP contribution in [0.2, 0.25) is 0 Å². The maximum atomic E-state index is 5.61. The van der Waals surface area contributed by atoms with E-state index in [0.717, 1.165) is 37.9 Å². The van der Waals surface area contributed by atoms with Crippen molar-refractivity contribution in [3.63, 3.8) is 0 Å². The fourth-order valence-corrected chi connectivity index (χ4v) is 3.90. The number of nitrogens with two attached hydrogens (primary N) is 1. The van der Waals surface area contributed by atoms with Crippen LogP contribution in [0.3, 0.4) is 0 Å². The van der Waals surface area contributed by atoms with Crippen LogP contribution in [-0.2, 0) is 0 Å². The van der Waals surface area contributed by atoms with Gasteiger partial charge in [0.25, 0.3) is 0 Å². The molecule has 4 nitrogen and oxygen atoms in total. The van der Waals surface area contributed by atoms with E-state index in [1.54, 1.807) is 22.7 Å². The van der Waals surface area contributed by atoms with Crippen molar-refractivity contribution in [2.75, 3.05) is 13.2 Å². The molecular weight excluding hydrogens is 338 g/mol. The number of aromatic nitrogens is 2. The molecule has 24 heavy (non-hydrogen) atoms. The van der Waals surface area contributed by atoms with E-state index < -0.39 is 0 Å². The number of ether oxygens (including phenoxy) is 1. The summed E-state index contributed by atoms with van der Waals surface area (Å²) < 4.78 is 5.61. The number of hydrogen-bond donors (Lipinski definition) is 1. The molecule has 4 aromatic rings. The van der Waals surface area contributed by atoms with Gasteiger partial charge in [-0.05, 0) is 35.0 Å². The summed E-state index contributed by atoms with van der Waals surface area (Å²) in [5.74, 6) is 0.767. The summed E-state index contributed by atoms with van der Waals surface area (Å²) in [6.45, 7) is 0.978. The first-order chi connectivity index (χ1) is 11.8. The Hall–Kier alpha value is -2.28. The summed E-state index contributed by atoms with van der Waals surface area (Å²) in [6.07, 6.45) is 0. The third-order valence-corrected chi connectivity index (χ3v) is 5.28. The van der Waals surface area contributed by atoms with Crippen molar-refractivity contribution in [1.29, 1.82) is 0 Å². The SMILES string of the molecule is NCCOc1ccc2nc(-c3cccs3)c(-c3cccs3)nc2c1. The molecule has 0 bridgehead atoms. The first-order valence-electron chi connectivity index (χ1n) is 7.57. The maximum absolute atomic E-state index is 5.61. The lowest BCUT2D eigenvalue weighted by atomic mass is 10.2. The molecule has 3 aromatic heterocycles. The van der Waals surface area contributed by atoms with Crippen LogP contribution in [0.1, 0.15) is 0 Å². The van der Waals surface area contributed by atoms with Crippen molar-refractivity contribution < 1.29 is 4.74 Å². The van der Waals surface area contributed by atoms with Crippen LogP contribution in [-0.4, -0.2) is 23.1 Å². The average Bonchev–Trinajstić information content (AvgIpc) is 3.31. The quantitative estimate of drug-likeness (QED) is 0.577. The zero-order chi connectivity index (χ0) is 16.4. The minimum absolute atomic E-state index is 0.488. The standard InChI is InChI=1S/C18H15N3OS2/c19-7-8-22-12-5-6-13-14(11-12)21-18(16-4-2-10-24-16)17(20-13)15-3-1-9-23-15/h1-6,9-11H,7-8,19H2. The zero-order valence-corrected chi connectivity index (χ0v) is 14.4. The molecule has 4 rings (SSSR count). The number of thiophene rings is 2. The third kappa shape index (κ3) is 2.91. The predicted molar refractivity (Wildman–Crippen MR) is 101 cm³/mol. The second kappa shape index (κ2) is 6.68. The van der Waals surface area contributed by atoms with Crippen LogP contribution in [0.25, 0.3) is 32.2 Å². The van der Waals surface area contributed by atoms with Gasteiger partial charge >= 0.3 is 0 Å². The Balaban J connectivity index is 1.89. The summed E-state index contributed by atoms with van der Waals surface area (Å²) in [4.78, 5) is 12.0. The largest absolute Gasteiger partial charge is 0.492 e. The maximum Gasteiger partial charge on any atom is 0.121 e. The molecule has 3 heterocycles. The second-order valence-electron chi connectivity index (χ2n) is 5.16. The lowest BCUT2D eigenvalue weighted by molar-refractivity contribution is 0.328. The van der Waals surface area contributed by atoms with Gasteiger partial charge in [0, 0.05) is 12.6 Å². The highest BCUT2D eigenvalue weighted by Gasteiger charge is 2.15. The molecule has 0 amide bonds. The molecular formula is C18H15N3OS2. The van der Waals surface area contributed by atoms with E-state index in [-0.39, 0.29) is 0 Å². The van der Waals surface area contributed by atoms with Crippen molar-refractivity contribution in [3.8, 4) is 26.9 Å². The third-order valence-electron chi connectivity index (χ3n) is 3.53. The van der Waals surface area contributed by atoms with Crippen LogP contribution in [0.4, 0.5) is 0 Å². The molecule has 0 unspecified atom stereocenters. The van der Waals surface area contributed by atoms with Gasteiger partial charge in [-0.25, -0.2) is 9.97 Å². The fraction of sp³-hybridized carbons (Fsp3) is 0.111. The Morgan fingerprint density at radius 2 is 1.54 bits per heavy atom. The molecule has 1 aromatic carbocycles.